The first-order valence-electron chi connectivity index (χ1n) is 10.9. The number of halogens is 1. The zero-order valence-electron chi connectivity index (χ0n) is 18.5. The fraction of sp³-hybridized carbons (Fsp3) is 0.292. The van der Waals surface area contributed by atoms with Crippen molar-refractivity contribution in [3.05, 3.63) is 65.8 Å². The maximum absolute atomic E-state index is 14.1. The molecule has 0 saturated carbocycles. The van der Waals surface area contributed by atoms with Gasteiger partial charge in [-0.3, -0.25) is 9.67 Å². The second-order valence-corrected chi connectivity index (χ2v) is 8.18. The number of ether oxygens (including phenoxy) is 1. The third-order valence-corrected chi connectivity index (χ3v) is 6.20. The maximum atomic E-state index is 14.1. The van der Waals surface area contributed by atoms with Gasteiger partial charge in [0, 0.05) is 42.3 Å². The molecule has 4 aromatic heterocycles. The van der Waals surface area contributed by atoms with Gasteiger partial charge in [-0.15, -0.1) is 0 Å². The zero-order chi connectivity index (χ0) is 23.7. The van der Waals surface area contributed by atoms with Gasteiger partial charge < -0.3 is 9.64 Å². The third kappa shape index (κ3) is 3.80. The Balaban J connectivity index is 1.50. The average molecular weight is 456 g/mol. The molecule has 170 valence electrons. The third-order valence-electron chi connectivity index (χ3n) is 6.20. The molecule has 1 saturated heterocycles. The summed E-state index contributed by atoms with van der Waals surface area (Å²) in [5.41, 5.74) is 3.76. The Bertz CT molecular complexity index is 1440. The number of hydrogen-bond acceptors (Lipinski definition) is 7. The smallest absolute Gasteiger partial charge is 0.179 e. The second-order valence-electron chi connectivity index (χ2n) is 8.18. The number of fused-ring (bicyclic) bond motifs is 1. The lowest BCUT2D eigenvalue weighted by Crippen LogP contribution is -2.31. The molecule has 9 nitrogen and oxygen atoms in total. The topological polar surface area (TPSA) is 108 Å². The summed E-state index contributed by atoms with van der Waals surface area (Å²) < 4.78 is 23.6. The Labute approximate surface area is 195 Å². The van der Waals surface area contributed by atoms with Crippen molar-refractivity contribution < 1.29 is 9.13 Å². The van der Waals surface area contributed by atoms with Crippen molar-refractivity contribution in [3.8, 4) is 29.1 Å². The maximum Gasteiger partial charge on any atom is 0.179 e. The molecule has 0 unspecified atom stereocenters. The quantitative estimate of drug-likeness (QED) is 0.422. The van der Waals surface area contributed by atoms with Crippen LogP contribution in [0.4, 0.5) is 4.39 Å². The van der Waals surface area contributed by atoms with Crippen molar-refractivity contribution in [3.63, 3.8) is 0 Å². The van der Waals surface area contributed by atoms with Gasteiger partial charge in [0.15, 0.2) is 6.19 Å². The first kappa shape index (κ1) is 21.4. The summed E-state index contributed by atoms with van der Waals surface area (Å²) >= 11 is 0. The highest BCUT2D eigenvalue weighted by molar-refractivity contribution is 5.76. The van der Waals surface area contributed by atoms with E-state index in [2.05, 4.69) is 27.4 Å². The second kappa shape index (κ2) is 8.83. The summed E-state index contributed by atoms with van der Waals surface area (Å²) in [6.07, 6.45) is 10.5. The summed E-state index contributed by atoms with van der Waals surface area (Å²) in [5.74, 6) is -0.0469. The van der Waals surface area contributed by atoms with Crippen LogP contribution in [0.15, 0.2) is 43.0 Å². The molecule has 1 aliphatic heterocycles. The molecular weight excluding hydrogens is 435 g/mol. The summed E-state index contributed by atoms with van der Waals surface area (Å²) in [7, 11) is 0. The first-order chi connectivity index (χ1) is 16.6. The van der Waals surface area contributed by atoms with Crippen molar-refractivity contribution in [2.24, 2.45) is 0 Å². The number of likely N-dealkylation sites (tertiary alicyclic amines) is 1. The van der Waals surface area contributed by atoms with E-state index in [0.29, 0.717) is 29.9 Å². The van der Waals surface area contributed by atoms with Crippen molar-refractivity contribution >= 4 is 5.52 Å². The molecule has 0 aliphatic carbocycles. The number of pyridine rings is 2. The average Bonchev–Trinajstić information content (AvgIpc) is 3.46. The lowest BCUT2D eigenvalue weighted by Gasteiger charge is -2.29. The van der Waals surface area contributed by atoms with Crippen molar-refractivity contribution in [2.75, 3.05) is 13.1 Å². The van der Waals surface area contributed by atoms with E-state index < -0.39 is 5.82 Å². The van der Waals surface area contributed by atoms with Gasteiger partial charge in [-0.2, -0.15) is 20.7 Å². The molecule has 0 aromatic carbocycles. The van der Waals surface area contributed by atoms with Crippen LogP contribution < -0.4 is 4.74 Å². The van der Waals surface area contributed by atoms with E-state index >= 15 is 0 Å². The summed E-state index contributed by atoms with van der Waals surface area (Å²) in [5, 5.41) is 27.6. The van der Waals surface area contributed by atoms with Crippen LogP contribution in [0.2, 0.25) is 0 Å². The summed E-state index contributed by atoms with van der Waals surface area (Å²) in [6.45, 7) is 3.36. The van der Waals surface area contributed by atoms with Gasteiger partial charge >= 0.3 is 0 Å². The van der Waals surface area contributed by atoms with Crippen LogP contribution in [0.5, 0.6) is 5.75 Å². The predicted molar refractivity (Wildman–Crippen MR) is 120 cm³/mol. The first-order valence-corrected chi connectivity index (χ1v) is 10.9. The van der Waals surface area contributed by atoms with Gasteiger partial charge in [0.2, 0.25) is 0 Å². The Hall–Kier alpha value is -4.44. The minimum Gasteiger partial charge on any atom is -0.485 e. The Morgan fingerprint density at radius 1 is 1.21 bits per heavy atom. The molecule has 34 heavy (non-hydrogen) atoms. The summed E-state index contributed by atoms with van der Waals surface area (Å²) in [6, 6.07) is 7.03. The van der Waals surface area contributed by atoms with Crippen molar-refractivity contribution in [1.82, 2.24) is 29.3 Å². The molecule has 5 rings (SSSR count). The van der Waals surface area contributed by atoms with E-state index in [9.17, 15) is 9.65 Å². The van der Waals surface area contributed by atoms with Crippen molar-refractivity contribution in [1.29, 1.82) is 10.5 Å². The number of nitriles is 2. The van der Waals surface area contributed by atoms with Crippen LogP contribution in [0.3, 0.4) is 0 Å². The number of aromatic nitrogens is 5. The van der Waals surface area contributed by atoms with E-state index in [4.69, 9.17) is 10.00 Å². The molecule has 0 radical (unpaired) electrons. The number of piperidine rings is 1. The fourth-order valence-electron chi connectivity index (χ4n) is 4.38. The van der Waals surface area contributed by atoms with E-state index in [-0.39, 0.29) is 18.3 Å². The Kier molecular flexibility index (Phi) is 5.56. The monoisotopic (exact) mass is 456 g/mol. The van der Waals surface area contributed by atoms with Gasteiger partial charge in [0.1, 0.15) is 41.0 Å². The van der Waals surface area contributed by atoms with E-state index in [0.717, 1.165) is 29.7 Å². The molecule has 0 spiro atoms. The molecule has 4 aromatic rings. The predicted octanol–water partition coefficient (Wildman–Crippen LogP) is 3.61. The standard InChI is InChI=1S/C24H21FN8O/c1-16-20(12-30-33(16)19-4-7-31(15-27)8-5-19)17-9-23(24-18(10-26)11-29-32(24)13-17)34-14-22-21(25)3-2-6-28-22/h2-3,6,9,11-13,19H,4-5,7-8,14H2,1H3. The van der Waals surface area contributed by atoms with Crippen LogP contribution in [0.25, 0.3) is 16.6 Å². The minimum absolute atomic E-state index is 0.0858. The molecule has 5 heterocycles. The molecule has 0 atom stereocenters. The largest absolute Gasteiger partial charge is 0.485 e. The molecule has 1 aliphatic rings. The highest BCUT2D eigenvalue weighted by Gasteiger charge is 2.23. The number of nitrogens with zero attached hydrogens (tertiary/aromatic N) is 8. The molecule has 0 N–H and O–H groups in total. The van der Waals surface area contributed by atoms with Crippen molar-refractivity contribution in [2.45, 2.75) is 32.4 Å². The van der Waals surface area contributed by atoms with E-state index in [1.807, 2.05) is 30.1 Å². The number of hydrogen-bond donors (Lipinski definition) is 0. The van der Waals surface area contributed by atoms with Crippen LogP contribution in [0, 0.1) is 35.5 Å². The highest BCUT2D eigenvalue weighted by Crippen LogP contribution is 2.34. The van der Waals surface area contributed by atoms with Gasteiger partial charge in [-0.05, 0) is 38.0 Å². The van der Waals surface area contributed by atoms with Crippen LogP contribution in [-0.4, -0.2) is 42.4 Å². The molecule has 1 fully saturated rings. The Morgan fingerprint density at radius 3 is 2.76 bits per heavy atom. The van der Waals surface area contributed by atoms with Gasteiger partial charge in [0.25, 0.3) is 0 Å². The van der Waals surface area contributed by atoms with Gasteiger partial charge in [-0.1, -0.05) is 0 Å². The number of rotatable bonds is 5. The van der Waals surface area contributed by atoms with E-state index in [1.54, 1.807) is 9.42 Å². The van der Waals surface area contributed by atoms with Crippen LogP contribution in [0.1, 0.15) is 35.8 Å². The zero-order valence-corrected chi connectivity index (χ0v) is 18.5. The Morgan fingerprint density at radius 2 is 2.03 bits per heavy atom. The van der Waals surface area contributed by atoms with Crippen LogP contribution in [-0.2, 0) is 6.61 Å². The normalized spacial score (nSPS) is 14.2. The van der Waals surface area contributed by atoms with Crippen LogP contribution >= 0.6 is 0 Å². The van der Waals surface area contributed by atoms with Gasteiger partial charge in [0.05, 0.1) is 18.4 Å². The van der Waals surface area contributed by atoms with Gasteiger partial charge in [-0.25, -0.2) is 8.91 Å². The SMILES string of the molecule is Cc1c(-c2cc(OCc3ncccc3F)c3c(C#N)cnn3c2)cnn1C1CCN(C#N)CC1. The molecule has 0 amide bonds. The molecule has 10 heteroatoms. The molecular formula is C24H21FN8O. The lowest BCUT2D eigenvalue weighted by atomic mass is 10.0. The summed E-state index contributed by atoms with van der Waals surface area (Å²) in [4.78, 5) is 5.81. The lowest BCUT2D eigenvalue weighted by molar-refractivity contribution is 0.239. The highest BCUT2D eigenvalue weighted by atomic mass is 19.1. The molecule has 0 bridgehead atoms. The fourth-order valence-corrected chi connectivity index (χ4v) is 4.38. The minimum atomic E-state index is -0.455. The van der Waals surface area contributed by atoms with E-state index in [1.165, 1.54) is 24.5 Å².